The number of carbonyl (C=O) groups excluding carboxylic acids is 2. The monoisotopic (exact) mass is 397 g/mol. The Morgan fingerprint density at radius 2 is 1.62 bits per heavy atom. The van der Waals surface area contributed by atoms with Crippen LogP contribution in [-0.2, 0) is 23.1 Å². The van der Waals surface area contributed by atoms with Gasteiger partial charge in [-0.15, -0.1) is 0 Å². The maximum Gasteiger partial charge on any atom is 0.309 e. The minimum atomic E-state index is -0.579. The van der Waals surface area contributed by atoms with Crippen molar-refractivity contribution >= 4 is 11.8 Å². The van der Waals surface area contributed by atoms with Crippen molar-refractivity contribution in [2.45, 2.75) is 12.5 Å². The van der Waals surface area contributed by atoms with E-state index in [9.17, 15) is 9.59 Å². The first kappa shape index (κ1) is 21.1. The van der Waals surface area contributed by atoms with Crippen LogP contribution in [0.3, 0.4) is 0 Å². The molecule has 0 aliphatic carbocycles. The summed E-state index contributed by atoms with van der Waals surface area (Å²) in [6.07, 6.45) is 2.71. The first-order valence-electron chi connectivity index (χ1n) is 10.2. The van der Waals surface area contributed by atoms with Crippen molar-refractivity contribution in [2.24, 2.45) is 7.05 Å². The third kappa shape index (κ3) is 5.92. The van der Waals surface area contributed by atoms with Crippen molar-refractivity contribution in [2.75, 3.05) is 46.3 Å². The maximum absolute atomic E-state index is 12.3. The van der Waals surface area contributed by atoms with E-state index in [1.54, 1.807) is 0 Å². The Morgan fingerprint density at radius 3 is 2.28 bits per heavy atom. The molecule has 1 aromatic heterocycles. The summed E-state index contributed by atoms with van der Waals surface area (Å²) >= 11 is 0. The molecule has 0 bridgehead atoms. The van der Waals surface area contributed by atoms with Gasteiger partial charge in [-0.2, -0.15) is 0 Å². The molecule has 1 atom stereocenters. The van der Waals surface area contributed by atoms with Gasteiger partial charge in [0.05, 0.1) is 6.04 Å². The Hall–Kier alpha value is -2.64. The van der Waals surface area contributed by atoms with Crippen LogP contribution in [0.1, 0.15) is 17.3 Å². The minimum Gasteiger partial charge on any atom is -0.353 e. The average molecular weight is 398 g/mol. The third-order valence-corrected chi connectivity index (χ3v) is 5.51. The number of rotatable bonds is 7. The molecule has 29 heavy (non-hydrogen) atoms. The number of carbonyl (C=O) groups is 2. The first-order valence-corrected chi connectivity index (χ1v) is 10.2. The van der Waals surface area contributed by atoms with E-state index in [2.05, 4.69) is 38.1 Å². The summed E-state index contributed by atoms with van der Waals surface area (Å²) in [6, 6.07) is 14.0. The second kappa shape index (κ2) is 10.2. The fourth-order valence-electron chi connectivity index (χ4n) is 3.69. The summed E-state index contributed by atoms with van der Waals surface area (Å²) in [4.78, 5) is 29.2. The highest BCUT2D eigenvalue weighted by atomic mass is 16.2. The Balaban J connectivity index is 1.52. The molecular formula is C22H31N5O2. The van der Waals surface area contributed by atoms with Crippen LogP contribution in [0.5, 0.6) is 0 Å². The van der Waals surface area contributed by atoms with Crippen molar-refractivity contribution in [1.82, 2.24) is 25.0 Å². The zero-order valence-corrected chi connectivity index (χ0v) is 17.3. The van der Waals surface area contributed by atoms with Crippen LogP contribution in [0.2, 0.25) is 0 Å². The average Bonchev–Trinajstić information content (AvgIpc) is 3.15. The summed E-state index contributed by atoms with van der Waals surface area (Å²) in [6.45, 7) is 4.71. The highest BCUT2D eigenvalue weighted by molar-refractivity contribution is 6.35. The molecule has 1 fully saturated rings. The molecule has 1 aliphatic heterocycles. The van der Waals surface area contributed by atoms with Crippen molar-refractivity contribution in [3.8, 4) is 0 Å². The Morgan fingerprint density at radius 1 is 0.931 bits per heavy atom. The van der Waals surface area contributed by atoms with Crippen LogP contribution in [0.15, 0.2) is 48.7 Å². The van der Waals surface area contributed by atoms with Gasteiger partial charge in [0.2, 0.25) is 0 Å². The number of hydrogen-bond donors (Lipinski definition) is 2. The van der Waals surface area contributed by atoms with Gasteiger partial charge in [0, 0.05) is 58.2 Å². The number of piperazine rings is 1. The van der Waals surface area contributed by atoms with E-state index in [-0.39, 0.29) is 6.04 Å². The van der Waals surface area contributed by atoms with Gasteiger partial charge in [-0.3, -0.25) is 14.5 Å². The van der Waals surface area contributed by atoms with Gasteiger partial charge in [-0.05, 0) is 31.2 Å². The standard InChI is InChI=1S/C22H31N5O2/c1-25-13-15-27(16-14-25)20(19-9-6-12-26(19)2)17-24-22(29)21(28)23-11-10-18-7-4-3-5-8-18/h3-9,12,20H,10-11,13-17H2,1-2H3,(H,23,28)(H,24,29). The smallest absolute Gasteiger partial charge is 0.309 e. The molecule has 7 heteroatoms. The van der Waals surface area contributed by atoms with Gasteiger partial charge in [0.1, 0.15) is 0 Å². The molecule has 1 aliphatic rings. The number of likely N-dealkylation sites (N-methyl/N-ethyl adjacent to an activating group) is 1. The molecule has 1 aromatic carbocycles. The molecule has 7 nitrogen and oxygen atoms in total. The first-order chi connectivity index (χ1) is 14.0. The van der Waals surface area contributed by atoms with Gasteiger partial charge in [0.15, 0.2) is 0 Å². The highest BCUT2D eigenvalue weighted by Crippen LogP contribution is 2.21. The summed E-state index contributed by atoms with van der Waals surface area (Å²) in [5.74, 6) is -1.16. The van der Waals surface area contributed by atoms with E-state index in [0.29, 0.717) is 19.5 Å². The zero-order chi connectivity index (χ0) is 20.6. The lowest BCUT2D eigenvalue weighted by molar-refractivity contribution is -0.139. The summed E-state index contributed by atoms with van der Waals surface area (Å²) < 4.78 is 2.08. The number of hydrogen-bond acceptors (Lipinski definition) is 4. The molecule has 2 amide bonds. The fourth-order valence-corrected chi connectivity index (χ4v) is 3.69. The van der Waals surface area contributed by atoms with Crippen LogP contribution >= 0.6 is 0 Å². The van der Waals surface area contributed by atoms with Crippen molar-refractivity contribution in [3.63, 3.8) is 0 Å². The van der Waals surface area contributed by atoms with E-state index in [0.717, 1.165) is 37.4 Å². The van der Waals surface area contributed by atoms with Gasteiger partial charge in [-0.1, -0.05) is 30.3 Å². The van der Waals surface area contributed by atoms with Gasteiger partial charge in [-0.25, -0.2) is 0 Å². The molecule has 2 N–H and O–H groups in total. The van der Waals surface area contributed by atoms with E-state index < -0.39 is 11.8 Å². The molecule has 156 valence electrons. The Labute approximate surface area is 172 Å². The number of aryl methyl sites for hydroxylation is 1. The fraction of sp³-hybridized carbons (Fsp3) is 0.455. The molecule has 1 saturated heterocycles. The second-order valence-electron chi connectivity index (χ2n) is 7.60. The molecular weight excluding hydrogens is 366 g/mol. The second-order valence-corrected chi connectivity index (χ2v) is 7.60. The van der Waals surface area contributed by atoms with Crippen LogP contribution in [-0.4, -0.2) is 72.5 Å². The summed E-state index contributed by atoms with van der Waals surface area (Å²) in [5.41, 5.74) is 2.27. The molecule has 1 unspecified atom stereocenters. The number of nitrogens with zero attached hydrogens (tertiary/aromatic N) is 3. The van der Waals surface area contributed by atoms with Gasteiger partial charge in [0.25, 0.3) is 0 Å². The molecule has 0 saturated carbocycles. The molecule has 2 aromatic rings. The topological polar surface area (TPSA) is 69.6 Å². The highest BCUT2D eigenvalue weighted by Gasteiger charge is 2.26. The van der Waals surface area contributed by atoms with E-state index in [4.69, 9.17) is 0 Å². The minimum absolute atomic E-state index is 0.0461. The maximum atomic E-state index is 12.3. The predicted molar refractivity (Wildman–Crippen MR) is 113 cm³/mol. The third-order valence-electron chi connectivity index (χ3n) is 5.51. The lowest BCUT2D eigenvalue weighted by Gasteiger charge is -2.38. The number of aromatic nitrogens is 1. The molecule has 0 radical (unpaired) electrons. The van der Waals surface area contributed by atoms with Crippen molar-refractivity contribution in [1.29, 1.82) is 0 Å². The Kier molecular flexibility index (Phi) is 7.43. The van der Waals surface area contributed by atoms with Crippen LogP contribution in [0, 0.1) is 0 Å². The lowest BCUT2D eigenvalue weighted by atomic mass is 10.1. The van der Waals surface area contributed by atoms with Gasteiger partial charge < -0.3 is 20.1 Å². The summed E-state index contributed by atoms with van der Waals surface area (Å²) in [5, 5.41) is 5.55. The molecule has 2 heterocycles. The van der Waals surface area contributed by atoms with Crippen molar-refractivity contribution < 1.29 is 9.59 Å². The quantitative estimate of drug-likeness (QED) is 0.678. The molecule has 0 spiro atoms. The Bertz CT molecular complexity index is 797. The largest absolute Gasteiger partial charge is 0.353 e. The van der Waals surface area contributed by atoms with E-state index in [1.807, 2.05) is 49.6 Å². The SMILES string of the molecule is CN1CCN(C(CNC(=O)C(=O)NCCc2ccccc2)c2cccn2C)CC1. The van der Waals surface area contributed by atoms with Crippen LogP contribution in [0.25, 0.3) is 0 Å². The van der Waals surface area contributed by atoms with E-state index >= 15 is 0 Å². The number of nitrogens with one attached hydrogen (secondary N) is 2. The normalized spacial score (nSPS) is 16.3. The zero-order valence-electron chi connectivity index (χ0n) is 17.3. The summed E-state index contributed by atoms with van der Waals surface area (Å²) in [7, 11) is 4.13. The van der Waals surface area contributed by atoms with Crippen molar-refractivity contribution in [3.05, 3.63) is 59.9 Å². The number of benzene rings is 1. The predicted octanol–water partition coefficient (Wildman–Crippen LogP) is 0.789. The van der Waals surface area contributed by atoms with E-state index in [1.165, 1.54) is 0 Å². The van der Waals surface area contributed by atoms with Crippen LogP contribution in [0.4, 0.5) is 0 Å². The van der Waals surface area contributed by atoms with Crippen LogP contribution < -0.4 is 10.6 Å². The number of amides is 2. The van der Waals surface area contributed by atoms with Gasteiger partial charge >= 0.3 is 11.8 Å². The molecule has 3 rings (SSSR count). The lowest BCUT2D eigenvalue weighted by Crippen LogP contribution is -2.50.